The van der Waals surface area contributed by atoms with E-state index in [1.54, 1.807) is 25.3 Å². The summed E-state index contributed by atoms with van der Waals surface area (Å²) in [5.41, 5.74) is 0.359. The summed E-state index contributed by atoms with van der Waals surface area (Å²) in [5.74, 6) is -1.34. The summed E-state index contributed by atoms with van der Waals surface area (Å²) in [7, 11) is 1.30. The maximum absolute atomic E-state index is 11.4. The second-order valence-corrected chi connectivity index (χ2v) is 4.80. The first-order chi connectivity index (χ1) is 8.04. The van der Waals surface area contributed by atoms with Crippen LogP contribution in [-0.4, -0.2) is 34.4 Å². The standard InChI is InChI=1S/C11H13NO4S/c1-7(6-9(13)14)17-10-8(11(15)16-2)4-3-5-12-10/h3-5,7H,6H2,1-2H3,(H,13,14). The first-order valence-corrected chi connectivity index (χ1v) is 5.84. The highest BCUT2D eigenvalue weighted by molar-refractivity contribution is 7.99. The third-order valence-electron chi connectivity index (χ3n) is 1.95. The molecule has 1 aromatic rings. The van der Waals surface area contributed by atoms with Crippen LogP contribution in [-0.2, 0) is 9.53 Å². The maximum Gasteiger partial charge on any atom is 0.340 e. The van der Waals surface area contributed by atoms with Gasteiger partial charge in [0.1, 0.15) is 5.03 Å². The van der Waals surface area contributed by atoms with Gasteiger partial charge < -0.3 is 9.84 Å². The van der Waals surface area contributed by atoms with Crippen molar-refractivity contribution in [3.8, 4) is 0 Å². The molecule has 0 aliphatic heterocycles. The molecule has 92 valence electrons. The van der Waals surface area contributed by atoms with Crippen LogP contribution in [0.25, 0.3) is 0 Å². The maximum atomic E-state index is 11.4. The van der Waals surface area contributed by atoms with E-state index in [4.69, 9.17) is 5.11 Å². The van der Waals surface area contributed by atoms with Crippen LogP contribution in [0.3, 0.4) is 0 Å². The van der Waals surface area contributed by atoms with E-state index in [1.165, 1.54) is 18.9 Å². The predicted octanol–water partition coefficient (Wildman–Crippen LogP) is 1.82. The molecule has 0 fully saturated rings. The molecular weight excluding hydrogens is 242 g/mol. The third kappa shape index (κ3) is 4.07. The van der Waals surface area contributed by atoms with E-state index in [2.05, 4.69) is 9.72 Å². The molecule has 0 aromatic carbocycles. The molecule has 1 heterocycles. The minimum absolute atomic E-state index is 0.0157. The van der Waals surface area contributed by atoms with E-state index in [1.807, 2.05) is 0 Å². The van der Waals surface area contributed by atoms with Crippen LogP contribution in [0.15, 0.2) is 23.4 Å². The van der Waals surface area contributed by atoms with Crippen molar-refractivity contribution in [3.05, 3.63) is 23.9 Å². The number of pyridine rings is 1. The number of carboxylic acids is 1. The van der Waals surface area contributed by atoms with E-state index in [9.17, 15) is 9.59 Å². The average molecular weight is 255 g/mol. The lowest BCUT2D eigenvalue weighted by Crippen LogP contribution is -2.09. The number of carbonyl (C=O) groups is 2. The molecule has 1 unspecified atom stereocenters. The van der Waals surface area contributed by atoms with Crippen molar-refractivity contribution in [2.24, 2.45) is 0 Å². The van der Waals surface area contributed by atoms with Gasteiger partial charge in [0.15, 0.2) is 0 Å². The average Bonchev–Trinajstić information content (AvgIpc) is 2.27. The zero-order valence-corrected chi connectivity index (χ0v) is 10.4. The van der Waals surface area contributed by atoms with Crippen LogP contribution in [0.4, 0.5) is 0 Å². The Morgan fingerprint density at radius 1 is 1.59 bits per heavy atom. The lowest BCUT2D eigenvalue weighted by molar-refractivity contribution is -0.136. The second-order valence-electron chi connectivity index (χ2n) is 3.37. The monoisotopic (exact) mass is 255 g/mol. The number of hydrogen-bond acceptors (Lipinski definition) is 5. The molecule has 0 amide bonds. The Balaban J connectivity index is 2.83. The summed E-state index contributed by atoms with van der Waals surface area (Å²) in [5, 5.41) is 8.99. The summed E-state index contributed by atoms with van der Waals surface area (Å²) in [6.07, 6.45) is 1.57. The number of carboxylic acid groups (broad SMARTS) is 1. The largest absolute Gasteiger partial charge is 0.481 e. The molecule has 1 rings (SSSR count). The Kier molecular flexibility index (Phi) is 4.96. The fourth-order valence-electron chi connectivity index (χ4n) is 1.23. The Morgan fingerprint density at radius 3 is 2.88 bits per heavy atom. The highest BCUT2D eigenvalue weighted by Crippen LogP contribution is 2.26. The number of aromatic nitrogens is 1. The minimum atomic E-state index is -0.874. The van der Waals surface area contributed by atoms with Gasteiger partial charge in [-0.3, -0.25) is 4.79 Å². The van der Waals surface area contributed by atoms with Gasteiger partial charge in [-0.1, -0.05) is 6.92 Å². The smallest absolute Gasteiger partial charge is 0.340 e. The quantitative estimate of drug-likeness (QED) is 0.639. The van der Waals surface area contributed by atoms with E-state index in [-0.39, 0.29) is 11.7 Å². The van der Waals surface area contributed by atoms with Crippen molar-refractivity contribution in [1.82, 2.24) is 4.98 Å². The van der Waals surface area contributed by atoms with Crippen molar-refractivity contribution >= 4 is 23.7 Å². The molecule has 0 bridgehead atoms. The fourth-order valence-corrected chi connectivity index (χ4v) is 2.24. The lowest BCUT2D eigenvalue weighted by atomic mass is 10.3. The van der Waals surface area contributed by atoms with Gasteiger partial charge in [0.25, 0.3) is 0 Å². The number of esters is 1. The highest BCUT2D eigenvalue weighted by atomic mass is 32.2. The van der Waals surface area contributed by atoms with E-state index in [0.717, 1.165) is 0 Å². The van der Waals surface area contributed by atoms with Crippen molar-refractivity contribution in [2.75, 3.05) is 7.11 Å². The molecule has 6 heteroatoms. The highest BCUT2D eigenvalue weighted by Gasteiger charge is 2.16. The number of rotatable bonds is 5. The number of thioether (sulfide) groups is 1. The zero-order chi connectivity index (χ0) is 12.8. The molecule has 1 aromatic heterocycles. The van der Waals surface area contributed by atoms with Gasteiger partial charge in [0.2, 0.25) is 0 Å². The van der Waals surface area contributed by atoms with Gasteiger partial charge in [-0.25, -0.2) is 9.78 Å². The van der Waals surface area contributed by atoms with Crippen LogP contribution >= 0.6 is 11.8 Å². The van der Waals surface area contributed by atoms with E-state index < -0.39 is 11.9 Å². The minimum Gasteiger partial charge on any atom is -0.481 e. The topological polar surface area (TPSA) is 76.5 Å². The number of ether oxygens (including phenoxy) is 1. The van der Waals surface area contributed by atoms with Gasteiger partial charge in [0.05, 0.1) is 19.1 Å². The van der Waals surface area contributed by atoms with Crippen molar-refractivity contribution < 1.29 is 19.4 Å². The summed E-state index contributed by atoms with van der Waals surface area (Å²) in [6.45, 7) is 1.77. The van der Waals surface area contributed by atoms with Crippen LogP contribution in [0.2, 0.25) is 0 Å². The predicted molar refractivity (Wildman–Crippen MR) is 63.1 cm³/mol. The normalized spacial score (nSPS) is 11.9. The van der Waals surface area contributed by atoms with Gasteiger partial charge in [0, 0.05) is 11.4 Å². The molecule has 17 heavy (non-hydrogen) atoms. The number of nitrogens with zero attached hydrogens (tertiary/aromatic N) is 1. The van der Waals surface area contributed by atoms with Gasteiger partial charge >= 0.3 is 11.9 Å². The summed E-state index contributed by atoms with van der Waals surface area (Å²) >= 11 is 1.25. The van der Waals surface area contributed by atoms with Gasteiger partial charge in [-0.15, -0.1) is 11.8 Å². The molecule has 1 N–H and O–H groups in total. The Morgan fingerprint density at radius 2 is 2.29 bits per heavy atom. The lowest BCUT2D eigenvalue weighted by Gasteiger charge is -2.10. The van der Waals surface area contributed by atoms with Gasteiger partial charge in [-0.05, 0) is 12.1 Å². The van der Waals surface area contributed by atoms with Crippen molar-refractivity contribution in [2.45, 2.75) is 23.6 Å². The van der Waals surface area contributed by atoms with Crippen LogP contribution in [0, 0.1) is 0 Å². The first kappa shape index (κ1) is 13.5. The Labute approximate surface area is 103 Å². The molecule has 0 saturated heterocycles. The molecule has 0 radical (unpaired) electrons. The second kappa shape index (κ2) is 6.24. The number of aliphatic carboxylic acids is 1. The van der Waals surface area contributed by atoms with E-state index >= 15 is 0 Å². The summed E-state index contributed by atoms with van der Waals surface area (Å²) in [4.78, 5) is 26.1. The Bertz CT molecular complexity index is 422. The molecule has 5 nitrogen and oxygen atoms in total. The number of carbonyl (C=O) groups excluding carboxylic acids is 1. The first-order valence-electron chi connectivity index (χ1n) is 4.96. The summed E-state index contributed by atoms with van der Waals surface area (Å²) in [6, 6.07) is 3.24. The molecule has 0 spiro atoms. The molecule has 0 aliphatic carbocycles. The third-order valence-corrected chi connectivity index (χ3v) is 3.07. The number of hydrogen-bond donors (Lipinski definition) is 1. The summed E-state index contributed by atoms with van der Waals surface area (Å²) < 4.78 is 4.63. The molecular formula is C11H13NO4S. The van der Waals surface area contributed by atoms with Crippen LogP contribution < -0.4 is 0 Å². The molecule has 1 atom stereocenters. The molecule has 0 saturated carbocycles. The fraction of sp³-hybridized carbons (Fsp3) is 0.364. The van der Waals surface area contributed by atoms with E-state index in [0.29, 0.717) is 10.6 Å². The van der Waals surface area contributed by atoms with Gasteiger partial charge in [-0.2, -0.15) is 0 Å². The SMILES string of the molecule is COC(=O)c1cccnc1SC(C)CC(=O)O. The van der Waals surface area contributed by atoms with Crippen molar-refractivity contribution in [1.29, 1.82) is 0 Å². The van der Waals surface area contributed by atoms with Crippen LogP contribution in [0.1, 0.15) is 23.7 Å². The van der Waals surface area contributed by atoms with Crippen molar-refractivity contribution in [3.63, 3.8) is 0 Å². The Hall–Kier alpha value is -1.56. The molecule has 0 aliphatic rings. The number of methoxy groups -OCH3 is 1. The van der Waals surface area contributed by atoms with Crippen LogP contribution in [0.5, 0.6) is 0 Å². The zero-order valence-electron chi connectivity index (χ0n) is 9.54.